The first kappa shape index (κ1) is 48.9. The van der Waals surface area contributed by atoms with Crippen molar-refractivity contribution in [3.05, 3.63) is 35.0 Å². The molecule has 0 saturated carbocycles. The van der Waals surface area contributed by atoms with Crippen molar-refractivity contribution >= 4 is 53.6 Å². The Hall–Kier alpha value is -1.78. The van der Waals surface area contributed by atoms with Crippen LogP contribution in [0.5, 0.6) is 11.5 Å². The lowest BCUT2D eigenvalue weighted by atomic mass is 9.94. The molecule has 328 valence electrons. The predicted octanol–water partition coefficient (Wildman–Crippen LogP) is 19.8. The van der Waals surface area contributed by atoms with Crippen LogP contribution in [0, 0.1) is 11.8 Å². The van der Waals surface area contributed by atoms with Crippen molar-refractivity contribution in [3.63, 3.8) is 0 Å². The van der Waals surface area contributed by atoms with E-state index in [4.69, 9.17) is 9.47 Å². The zero-order chi connectivity index (χ0) is 40.9. The molecule has 0 aliphatic heterocycles. The zero-order valence-electron chi connectivity index (χ0n) is 38.3. The molecule has 0 saturated heterocycles. The van der Waals surface area contributed by atoms with Crippen LogP contribution in [0.4, 0.5) is 0 Å². The predicted molar refractivity (Wildman–Crippen MR) is 263 cm³/mol. The normalized spacial score (nSPS) is 13.0. The van der Waals surface area contributed by atoms with Crippen LogP contribution in [0.2, 0.25) is 0 Å². The summed E-state index contributed by atoms with van der Waals surface area (Å²) in [5.74, 6) is 3.45. The average Bonchev–Trinajstić information content (AvgIpc) is 3.92. The molecule has 2 nitrogen and oxygen atoms in total. The van der Waals surface area contributed by atoms with Gasteiger partial charge in [0.1, 0.15) is 11.5 Å². The Morgan fingerprint density at radius 1 is 0.379 bits per heavy atom. The highest BCUT2D eigenvalue weighted by molar-refractivity contribution is 7.18. The lowest BCUT2D eigenvalue weighted by Crippen LogP contribution is -2.14. The summed E-state index contributed by atoms with van der Waals surface area (Å²) in [5.41, 5.74) is 0. The van der Waals surface area contributed by atoms with E-state index < -0.39 is 0 Å². The number of hydrogen-bond donors (Lipinski definition) is 0. The topological polar surface area (TPSA) is 18.5 Å². The molecule has 2 aromatic heterocycles. The smallest absolute Gasteiger partial charge is 0.145 e. The number of ether oxygens (including phenoxy) is 2. The summed E-state index contributed by atoms with van der Waals surface area (Å²) in [7, 11) is 0. The van der Waals surface area contributed by atoms with Crippen molar-refractivity contribution in [1.29, 1.82) is 0 Å². The van der Waals surface area contributed by atoms with Gasteiger partial charge in [-0.25, -0.2) is 0 Å². The van der Waals surface area contributed by atoms with Gasteiger partial charge in [0.25, 0.3) is 0 Å². The number of fused-ring (bicyclic) bond motifs is 3. The second-order valence-corrected chi connectivity index (χ2v) is 20.0. The van der Waals surface area contributed by atoms with Crippen LogP contribution in [0.3, 0.4) is 0 Å². The van der Waals surface area contributed by atoms with Crippen molar-refractivity contribution in [2.75, 3.05) is 13.2 Å². The minimum absolute atomic E-state index is 0.621. The molecule has 4 aromatic rings. The zero-order valence-corrected chi connectivity index (χ0v) is 39.9. The first-order valence-electron chi connectivity index (χ1n) is 25.3. The highest BCUT2D eigenvalue weighted by Crippen LogP contribution is 2.46. The summed E-state index contributed by atoms with van der Waals surface area (Å²) in [4.78, 5) is 0. The van der Waals surface area contributed by atoms with E-state index in [1.807, 2.05) is 22.7 Å². The number of unbranched alkanes of at least 4 members (excludes halogenated alkanes) is 24. The molecule has 0 N–H and O–H groups in total. The third-order valence-electron chi connectivity index (χ3n) is 13.0. The van der Waals surface area contributed by atoms with Crippen molar-refractivity contribution in [3.8, 4) is 11.5 Å². The summed E-state index contributed by atoms with van der Waals surface area (Å²) in [5, 5.41) is 9.60. The Kier molecular flexibility index (Phi) is 26.2. The van der Waals surface area contributed by atoms with Crippen LogP contribution in [0.15, 0.2) is 35.0 Å². The molecule has 0 fully saturated rings. The number of benzene rings is 2. The number of hydrogen-bond acceptors (Lipinski definition) is 4. The number of rotatable bonds is 38. The fraction of sp³-hybridized carbons (Fsp3) is 0.741. The second-order valence-electron chi connectivity index (χ2n) is 18.2. The van der Waals surface area contributed by atoms with E-state index in [1.54, 1.807) is 0 Å². The monoisotopic (exact) mass is 833 g/mol. The van der Waals surface area contributed by atoms with Gasteiger partial charge in [-0.05, 0) is 83.3 Å². The van der Waals surface area contributed by atoms with Gasteiger partial charge in [0.05, 0.1) is 22.6 Å². The lowest BCUT2D eigenvalue weighted by Gasteiger charge is -2.21. The molecule has 0 aliphatic rings. The minimum atomic E-state index is 0.621. The Labute approximate surface area is 366 Å². The molecule has 4 heteroatoms. The average molecular weight is 833 g/mol. The molecule has 58 heavy (non-hydrogen) atoms. The standard InChI is InChI=1S/C54H88O2S2/c1-5-9-13-17-21-23-27-31-35-45(33-29-25-19-15-11-7-3)43-55-51-49-41-48-38-40-58-54(48)52(50(49)42-47-37-39-57-53(47)51)56-44-46(34-30-26-20-16-12-8-4)36-32-28-24-22-18-14-10-6-2/h37-42,45-46H,5-36,43-44H2,1-4H3. The summed E-state index contributed by atoms with van der Waals surface area (Å²) in [6, 6.07) is 9.43. The maximum Gasteiger partial charge on any atom is 0.145 e. The van der Waals surface area contributed by atoms with Crippen molar-refractivity contribution in [2.45, 2.75) is 233 Å². The maximum atomic E-state index is 7.14. The van der Waals surface area contributed by atoms with Gasteiger partial charge in [-0.1, -0.05) is 207 Å². The van der Waals surface area contributed by atoms with Crippen molar-refractivity contribution < 1.29 is 9.47 Å². The van der Waals surface area contributed by atoms with E-state index in [9.17, 15) is 0 Å². The molecule has 4 rings (SSSR count). The Morgan fingerprint density at radius 3 is 0.948 bits per heavy atom. The molecule has 2 atom stereocenters. The van der Waals surface area contributed by atoms with Crippen LogP contribution in [0.1, 0.15) is 233 Å². The molecule has 2 aromatic carbocycles. The van der Waals surface area contributed by atoms with Gasteiger partial charge in [0.2, 0.25) is 0 Å². The van der Waals surface area contributed by atoms with Gasteiger partial charge < -0.3 is 9.47 Å². The quantitative estimate of drug-likeness (QED) is 0.0419. The molecular weight excluding hydrogens is 745 g/mol. The molecular formula is C54H88O2S2. The fourth-order valence-electron chi connectivity index (χ4n) is 9.19. The van der Waals surface area contributed by atoms with Crippen molar-refractivity contribution in [1.82, 2.24) is 0 Å². The van der Waals surface area contributed by atoms with Gasteiger partial charge in [0.15, 0.2) is 0 Å². The molecule has 2 unspecified atom stereocenters. The molecule has 0 spiro atoms. The fourth-order valence-corrected chi connectivity index (χ4v) is 11.0. The largest absolute Gasteiger partial charge is 0.491 e. The lowest BCUT2D eigenvalue weighted by molar-refractivity contribution is 0.227. The van der Waals surface area contributed by atoms with Crippen LogP contribution >= 0.6 is 22.7 Å². The van der Waals surface area contributed by atoms with Crippen molar-refractivity contribution in [2.24, 2.45) is 11.8 Å². The highest BCUT2D eigenvalue weighted by Gasteiger charge is 2.21. The third-order valence-corrected chi connectivity index (χ3v) is 14.8. The summed E-state index contributed by atoms with van der Waals surface area (Å²) in [6.45, 7) is 10.9. The maximum absolute atomic E-state index is 7.14. The van der Waals surface area contributed by atoms with Gasteiger partial charge >= 0.3 is 0 Å². The Morgan fingerprint density at radius 2 is 0.655 bits per heavy atom. The third kappa shape index (κ3) is 18.1. The summed E-state index contributed by atoms with van der Waals surface area (Å²) >= 11 is 3.69. The van der Waals surface area contributed by atoms with Gasteiger partial charge in [-0.3, -0.25) is 0 Å². The van der Waals surface area contributed by atoms with Crippen LogP contribution in [-0.4, -0.2) is 13.2 Å². The van der Waals surface area contributed by atoms with Gasteiger partial charge in [-0.2, -0.15) is 0 Å². The summed E-state index contributed by atoms with van der Waals surface area (Å²) < 4.78 is 16.9. The van der Waals surface area contributed by atoms with Gasteiger partial charge in [0, 0.05) is 10.8 Å². The first-order chi connectivity index (χ1) is 28.7. The molecule has 0 bridgehead atoms. The van der Waals surface area contributed by atoms with Gasteiger partial charge in [-0.15, -0.1) is 22.7 Å². The Balaban J connectivity index is 1.48. The van der Waals surface area contributed by atoms with Crippen LogP contribution < -0.4 is 9.47 Å². The van der Waals surface area contributed by atoms with E-state index in [0.717, 1.165) is 24.7 Å². The van der Waals surface area contributed by atoms with E-state index in [0.29, 0.717) is 11.8 Å². The van der Waals surface area contributed by atoms with Crippen LogP contribution in [-0.2, 0) is 0 Å². The second kappa shape index (κ2) is 31.1. The minimum Gasteiger partial charge on any atom is -0.491 e. The highest BCUT2D eigenvalue weighted by atomic mass is 32.1. The molecule has 0 amide bonds. The molecule has 0 radical (unpaired) electrons. The SMILES string of the molecule is CCCCCCCCCCC(CCCCCCCC)COc1c2cc3ccsc3c(OCC(CCCCCCCC)CCCCCCCCCC)c2cc2ccsc12. The number of thiophene rings is 2. The summed E-state index contributed by atoms with van der Waals surface area (Å²) in [6.07, 6.45) is 43.7. The van der Waals surface area contributed by atoms with Crippen LogP contribution in [0.25, 0.3) is 30.9 Å². The van der Waals surface area contributed by atoms with E-state index in [2.05, 4.69) is 62.7 Å². The van der Waals surface area contributed by atoms with E-state index in [-0.39, 0.29) is 0 Å². The Bertz CT molecular complexity index is 1470. The van der Waals surface area contributed by atoms with E-state index >= 15 is 0 Å². The molecule has 2 heterocycles. The first-order valence-corrected chi connectivity index (χ1v) is 27.1. The molecule has 0 aliphatic carbocycles. The van der Waals surface area contributed by atoms with E-state index in [1.165, 1.54) is 236 Å².